The highest BCUT2D eigenvalue weighted by Crippen LogP contribution is 2.20. The van der Waals surface area contributed by atoms with E-state index in [-0.39, 0.29) is 24.2 Å². The topological polar surface area (TPSA) is 81.9 Å². The number of rotatable bonds is 9. The molecule has 0 fully saturated rings. The van der Waals surface area contributed by atoms with Gasteiger partial charge in [0.1, 0.15) is 18.1 Å². The monoisotopic (exact) mass is 388 g/mol. The zero-order chi connectivity index (χ0) is 20.7. The van der Waals surface area contributed by atoms with Gasteiger partial charge in [-0.15, -0.1) is 0 Å². The lowest BCUT2D eigenvalue weighted by Crippen LogP contribution is -2.36. The number of hydrogen-bond donors (Lipinski definition) is 0. The van der Waals surface area contributed by atoms with Crippen molar-refractivity contribution in [2.24, 2.45) is 5.92 Å². The van der Waals surface area contributed by atoms with Gasteiger partial charge in [0.25, 0.3) is 5.91 Å². The number of aryl methyl sites for hydroxylation is 2. The summed E-state index contributed by atoms with van der Waals surface area (Å²) in [5.74, 6) is 1.11. The summed E-state index contributed by atoms with van der Waals surface area (Å²) in [6.07, 6.45) is 0.164. The molecule has 1 heterocycles. The Balaban J connectivity index is 2.10. The van der Waals surface area contributed by atoms with Crippen LogP contribution in [0.2, 0.25) is 0 Å². The van der Waals surface area contributed by atoms with Gasteiger partial charge < -0.3 is 18.9 Å². The normalized spacial score (nSPS) is 10.8. The van der Waals surface area contributed by atoms with Crippen LogP contribution >= 0.6 is 0 Å². The first-order valence-corrected chi connectivity index (χ1v) is 9.32. The molecule has 0 aliphatic carbocycles. The Morgan fingerprint density at radius 3 is 2.61 bits per heavy atom. The minimum Gasteiger partial charge on any atom is -0.489 e. The average Bonchev–Trinajstić information content (AvgIpc) is 3.00. The lowest BCUT2D eigenvalue weighted by molar-refractivity contribution is -0.140. The number of methoxy groups -OCH3 is 1. The average molecular weight is 388 g/mol. The van der Waals surface area contributed by atoms with E-state index in [1.807, 2.05) is 27.7 Å². The van der Waals surface area contributed by atoms with E-state index in [4.69, 9.17) is 9.26 Å². The highest BCUT2D eigenvalue weighted by molar-refractivity contribution is 5.94. The fraction of sp³-hybridized carbons (Fsp3) is 0.476. The fourth-order valence-electron chi connectivity index (χ4n) is 2.81. The molecule has 0 saturated heterocycles. The van der Waals surface area contributed by atoms with Crippen LogP contribution in [0.4, 0.5) is 0 Å². The van der Waals surface area contributed by atoms with Crippen molar-refractivity contribution in [2.75, 3.05) is 20.2 Å². The van der Waals surface area contributed by atoms with Gasteiger partial charge >= 0.3 is 5.97 Å². The second kappa shape index (κ2) is 9.92. The van der Waals surface area contributed by atoms with Gasteiger partial charge in [-0.3, -0.25) is 9.59 Å². The van der Waals surface area contributed by atoms with Crippen LogP contribution in [0, 0.1) is 19.8 Å². The number of nitrogens with zero attached hydrogens (tertiary/aromatic N) is 2. The predicted octanol–water partition coefficient (Wildman–Crippen LogP) is 3.53. The van der Waals surface area contributed by atoms with Crippen LogP contribution in [0.15, 0.2) is 28.8 Å². The maximum Gasteiger partial charge on any atom is 0.307 e. The van der Waals surface area contributed by atoms with Crippen molar-refractivity contribution in [3.8, 4) is 5.75 Å². The van der Waals surface area contributed by atoms with Crippen molar-refractivity contribution >= 4 is 11.9 Å². The van der Waals surface area contributed by atoms with Crippen molar-refractivity contribution in [3.63, 3.8) is 0 Å². The van der Waals surface area contributed by atoms with Gasteiger partial charge in [0.15, 0.2) is 0 Å². The van der Waals surface area contributed by atoms with E-state index in [9.17, 15) is 9.59 Å². The van der Waals surface area contributed by atoms with Crippen molar-refractivity contribution in [2.45, 2.75) is 40.7 Å². The van der Waals surface area contributed by atoms with E-state index in [0.29, 0.717) is 31.0 Å². The van der Waals surface area contributed by atoms with Crippen LogP contribution in [0.1, 0.15) is 47.6 Å². The molecule has 7 heteroatoms. The van der Waals surface area contributed by atoms with Gasteiger partial charge in [-0.2, -0.15) is 0 Å². The molecule has 0 atom stereocenters. The number of hydrogen-bond acceptors (Lipinski definition) is 6. The summed E-state index contributed by atoms with van der Waals surface area (Å²) in [5.41, 5.74) is 2.20. The molecule has 0 radical (unpaired) electrons. The van der Waals surface area contributed by atoms with E-state index >= 15 is 0 Å². The Morgan fingerprint density at radius 1 is 1.25 bits per heavy atom. The lowest BCUT2D eigenvalue weighted by Gasteiger charge is -2.24. The van der Waals surface area contributed by atoms with Crippen LogP contribution in [0.5, 0.6) is 5.75 Å². The molecule has 1 amide bonds. The van der Waals surface area contributed by atoms with E-state index in [0.717, 1.165) is 17.0 Å². The van der Waals surface area contributed by atoms with E-state index in [2.05, 4.69) is 9.89 Å². The summed E-state index contributed by atoms with van der Waals surface area (Å²) >= 11 is 0. The maximum atomic E-state index is 13.0. The summed E-state index contributed by atoms with van der Waals surface area (Å²) in [4.78, 5) is 26.1. The van der Waals surface area contributed by atoms with Crippen LogP contribution in [-0.4, -0.2) is 42.1 Å². The second-order valence-electron chi connectivity index (χ2n) is 7.09. The number of esters is 1. The quantitative estimate of drug-likeness (QED) is 0.611. The number of amides is 1. The summed E-state index contributed by atoms with van der Waals surface area (Å²) in [7, 11) is 1.34. The number of carbonyl (C=O) groups excluding carboxylic acids is 2. The smallest absolute Gasteiger partial charge is 0.307 e. The van der Waals surface area contributed by atoms with Crippen molar-refractivity contribution < 1.29 is 23.6 Å². The Bertz CT molecular complexity index is 793. The SMILES string of the molecule is COC(=O)CCN(CC(C)C)C(=O)c1cccc(OCc2c(C)noc2C)c1. The molecule has 7 nitrogen and oxygen atoms in total. The Hall–Kier alpha value is -2.83. The number of ether oxygens (including phenoxy) is 2. The number of carbonyl (C=O) groups is 2. The van der Waals surface area contributed by atoms with E-state index < -0.39 is 0 Å². The lowest BCUT2D eigenvalue weighted by atomic mass is 10.1. The molecule has 0 N–H and O–H groups in total. The Morgan fingerprint density at radius 2 is 2.00 bits per heavy atom. The zero-order valence-electron chi connectivity index (χ0n) is 17.2. The molecule has 2 rings (SSSR count). The molecule has 1 aromatic heterocycles. The molecule has 0 spiro atoms. The van der Waals surface area contributed by atoms with Crippen molar-refractivity contribution in [1.82, 2.24) is 10.1 Å². The first-order valence-electron chi connectivity index (χ1n) is 9.32. The largest absolute Gasteiger partial charge is 0.489 e. The molecule has 0 bridgehead atoms. The van der Waals surface area contributed by atoms with Crippen LogP contribution in [-0.2, 0) is 16.1 Å². The minimum absolute atomic E-state index is 0.139. The van der Waals surface area contributed by atoms with Gasteiger partial charge in [0.2, 0.25) is 0 Å². The maximum absolute atomic E-state index is 13.0. The van der Waals surface area contributed by atoms with Gasteiger partial charge in [-0.05, 0) is 38.0 Å². The van der Waals surface area contributed by atoms with Crippen LogP contribution < -0.4 is 4.74 Å². The number of benzene rings is 1. The van der Waals surface area contributed by atoms with Crippen LogP contribution in [0.25, 0.3) is 0 Å². The second-order valence-corrected chi connectivity index (χ2v) is 7.09. The minimum atomic E-state index is -0.335. The highest BCUT2D eigenvalue weighted by atomic mass is 16.5. The molecule has 28 heavy (non-hydrogen) atoms. The van der Waals surface area contributed by atoms with Gasteiger partial charge in [-0.25, -0.2) is 0 Å². The molecule has 0 aliphatic rings. The molecule has 2 aromatic rings. The zero-order valence-corrected chi connectivity index (χ0v) is 17.2. The summed E-state index contributed by atoms with van der Waals surface area (Å²) in [6, 6.07) is 7.04. The van der Waals surface area contributed by atoms with Crippen molar-refractivity contribution in [1.29, 1.82) is 0 Å². The summed E-state index contributed by atoms with van der Waals surface area (Å²) < 4.78 is 15.7. The molecule has 0 saturated carbocycles. The Labute approximate surface area is 165 Å². The molecule has 152 valence electrons. The third kappa shape index (κ3) is 5.84. The Kier molecular flexibility index (Phi) is 7.61. The molecule has 1 aromatic carbocycles. The van der Waals surface area contributed by atoms with E-state index in [1.165, 1.54) is 7.11 Å². The molecule has 0 unspecified atom stereocenters. The first-order chi connectivity index (χ1) is 13.3. The van der Waals surface area contributed by atoms with Gasteiger partial charge in [0.05, 0.1) is 24.8 Å². The van der Waals surface area contributed by atoms with Crippen LogP contribution in [0.3, 0.4) is 0 Å². The van der Waals surface area contributed by atoms with Gasteiger partial charge in [-0.1, -0.05) is 25.1 Å². The van der Waals surface area contributed by atoms with Gasteiger partial charge in [0, 0.05) is 18.7 Å². The van der Waals surface area contributed by atoms with E-state index in [1.54, 1.807) is 29.2 Å². The predicted molar refractivity (Wildman–Crippen MR) is 104 cm³/mol. The summed E-state index contributed by atoms with van der Waals surface area (Å²) in [5, 5.41) is 3.91. The molecule has 0 aliphatic heterocycles. The van der Waals surface area contributed by atoms with Crippen molar-refractivity contribution in [3.05, 3.63) is 46.8 Å². The third-order valence-corrected chi connectivity index (χ3v) is 4.33. The first kappa shape index (κ1) is 21.5. The standard InChI is InChI=1S/C21H28N2O5/c1-14(2)12-23(10-9-20(24)26-5)21(25)17-7-6-8-18(11-17)27-13-19-15(3)22-28-16(19)4/h6-8,11,14H,9-10,12-13H2,1-5H3. The summed E-state index contributed by atoms with van der Waals surface area (Å²) in [6.45, 7) is 8.94. The number of aromatic nitrogens is 1. The third-order valence-electron chi connectivity index (χ3n) is 4.33. The molecular weight excluding hydrogens is 360 g/mol. The highest BCUT2D eigenvalue weighted by Gasteiger charge is 2.19. The fourth-order valence-corrected chi connectivity index (χ4v) is 2.81. The molecular formula is C21H28N2O5.